The molecule has 1 aromatic carbocycles. The monoisotopic (exact) mass is 165 g/mol. The zero-order valence-electron chi connectivity index (χ0n) is 6.66. The van der Waals surface area contributed by atoms with E-state index in [0.717, 1.165) is 11.1 Å². The van der Waals surface area contributed by atoms with Crippen LogP contribution in [-0.2, 0) is 4.74 Å². The topological polar surface area (TPSA) is 9.23 Å². The van der Waals surface area contributed by atoms with Gasteiger partial charge in [-0.2, -0.15) is 0 Å². The van der Waals surface area contributed by atoms with E-state index in [0.29, 0.717) is 0 Å². The third-order valence-corrected chi connectivity index (χ3v) is 2.12. The fraction of sp³-hybridized carbons (Fsp3) is 0.300. The minimum absolute atomic E-state index is 0.130. The Morgan fingerprint density at radius 3 is 2.67 bits per heavy atom. The van der Waals surface area contributed by atoms with E-state index in [2.05, 4.69) is 6.92 Å². The van der Waals surface area contributed by atoms with Crippen molar-refractivity contribution in [1.29, 1.82) is 0 Å². The molecule has 0 saturated heterocycles. The van der Waals surface area contributed by atoms with Crippen LogP contribution in [0.2, 0.25) is 0 Å². The molecule has 0 N–H and O–H groups in total. The van der Waals surface area contributed by atoms with Crippen molar-refractivity contribution >= 4 is 0 Å². The Morgan fingerprint density at radius 1 is 1.33 bits per heavy atom. The van der Waals surface area contributed by atoms with Crippen LogP contribution in [0.4, 0.5) is 4.39 Å². The molecule has 2 atom stereocenters. The van der Waals surface area contributed by atoms with Crippen LogP contribution in [0.1, 0.15) is 23.4 Å². The predicted octanol–water partition coefficient (Wildman–Crippen LogP) is 2.60. The Morgan fingerprint density at radius 2 is 2.00 bits per heavy atom. The van der Waals surface area contributed by atoms with Gasteiger partial charge in [-0.15, -0.1) is 0 Å². The number of hydrogen-bond acceptors (Lipinski definition) is 1. The summed E-state index contributed by atoms with van der Waals surface area (Å²) in [6.07, 6.45) is -1.20. The largest absolute Gasteiger partial charge is 0.370 e. The minimum atomic E-state index is -0.987. The van der Waals surface area contributed by atoms with Crippen LogP contribution >= 0.6 is 0 Å². The summed E-state index contributed by atoms with van der Waals surface area (Å²) in [6.45, 7) is 3.91. The molecule has 1 aliphatic rings. The van der Waals surface area contributed by atoms with Crippen LogP contribution in [-0.4, -0.2) is 6.61 Å². The van der Waals surface area contributed by atoms with Crippen molar-refractivity contribution in [3.05, 3.63) is 42.3 Å². The molecule has 0 fully saturated rings. The van der Waals surface area contributed by atoms with Crippen LogP contribution in [0, 0.1) is 6.92 Å². The second-order valence-corrected chi connectivity index (χ2v) is 2.92. The molecule has 0 aromatic heterocycles. The average Bonchev–Trinajstić information content (AvgIpc) is 2.12. The van der Waals surface area contributed by atoms with Gasteiger partial charge in [0.15, 0.2) is 0 Å². The van der Waals surface area contributed by atoms with Crippen LogP contribution in [0.3, 0.4) is 0 Å². The van der Waals surface area contributed by atoms with Gasteiger partial charge in [0.05, 0.1) is 12.7 Å². The van der Waals surface area contributed by atoms with Gasteiger partial charge in [-0.05, 0) is 18.1 Å². The lowest BCUT2D eigenvalue weighted by Crippen LogP contribution is -2.16. The molecule has 63 valence electrons. The Kier molecular flexibility index (Phi) is 1.85. The number of alkyl halides is 1. The lowest BCUT2D eigenvalue weighted by atomic mass is 9.97. The van der Waals surface area contributed by atoms with Gasteiger partial charge in [0, 0.05) is 0 Å². The van der Waals surface area contributed by atoms with Gasteiger partial charge in [-0.3, -0.25) is 0 Å². The van der Waals surface area contributed by atoms with E-state index in [1.165, 1.54) is 0 Å². The number of fused-ring (bicyclic) bond motifs is 1. The summed E-state index contributed by atoms with van der Waals surface area (Å²) >= 11 is 0. The molecular weight excluding hydrogens is 155 g/mol. The van der Waals surface area contributed by atoms with Crippen molar-refractivity contribution in [2.45, 2.75) is 12.3 Å². The fourth-order valence-electron chi connectivity index (χ4n) is 1.47. The Bertz CT molecular complexity index is 256. The molecular formula is C10H10FO. The molecule has 1 aromatic rings. The van der Waals surface area contributed by atoms with Crippen LogP contribution < -0.4 is 0 Å². The van der Waals surface area contributed by atoms with Gasteiger partial charge in [0.2, 0.25) is 0 Å². The zero-order chi connectivity index (χ0) is 8.55. The number of halogens is 1. The molecule has 1 radical (unpaired) electrons. The second kappa shape index (κ2) is 2.87. The SMILES string of the molecule is [CH2][C@@H]1OC[C@@H](F)c2ccccc21. The summed E-state index contributed by atoms with van der Waals surface area (Å²) in [5.41, 5.74) is 1.60. The highest BCUT2D eigenvalue weighted by atomic mass is 19.1. The maximum absolute atomic E-state index is 13.2. The van der Waals surface area contributed by atoms with Gasteiger partial charge < -0.3 is 4.74 Å². The van der Waals surface area contributed by atoms with E-state index in [-0.39, 0.29) is 12.7 Å². The maximum atomic E-state index is 13.2. The van der Waals surface area contributed by atoms with Crippen LogP contribution in [0.15, 0.2) is 24.3 Å². The Balaban J connectivity index is 2.47. The third kappa shape index (κ3) is 1.12. The normalized spacial score (nSPS) is 28.2. The first-order valence-electron chi connectivity index (χ1n) is 3.96. The quantitative estimate of drug-likeness (QED) is 0.574. The van der Waals surface area contributed by atoms with Gasteiger partial charge >= 0.3 is 0 Å². The molecule has 0 unspecified atom stereocenters. The van der Waals surface area contributed by atoms with Crippen molar-refractivity contribution in [3.8, 4) is 0 Å². The van der Waals surface area contributed by atoms with Crippen molar-refractivity contribution < 1.29 is 9.13 Å². The maximum Gasteiger partial charge on any atom is 0.149 e. The smallest absolute Gasteiger partial charge is 0.149 e. The molecule has 0 aliphatic carbocycles. The van der Waals surface area contributed by atoms with E-state index in [1.807, 2.05) is 18.2 Å². The van der Waals surface area contributed by atoms with E-state index in [9.17, 15) is 4.39 Å². The summed E-state index contributed by atoms with van der Waals surface area (Å²) in [5.74, 6) is 0. The molecule has 2 heteroatoms. The lowest BCUT2D eigenvalue weighted by Gasteiger charge is -2.25. The summed E-state index contributed by atoms with van der Waals surface area (Å²) in [6, 6.07) is 7.36. The van der Waals surface area contributed by atoms with Crippen molar-refractivity contribution in [2.24, 2.45) is 0 Å². The van der Waals surface area contributed by atoms with Gasteiger partial charge in [-0.25, -0.2) is 4.39 Å². The summed E-state index contributed by atoms with van der Waals surface area (Å²) in [7, 11) is 0. The first-order chi connectivity index (χ1) is 5.79. The fourth-order valence-corrected chi connectivity index (χ4v) is 1.47. The molecule has 0 bridgehead atoms. The second-order valence-electron chi connectivity index (χ2n) is 2.92. The number of rotatable bonds is 0. The molecule has 2 rings (SSSR count). The lowest BCUT2D eigenvalue weighted by molar-refractivity contribution is 0.0228. The summed E-state index contributed by atoms with van der Waals surface area (Å²) in [4.78, 5) is 0. The number of benzene rings is 1. The molecule has 1 heterocycles. The average molecular weight is 165 g/mol. The first-order valence-corrected chi connectivity index (χ1v) is 3.96. The van der Waals surface area contributed by atoms with Crippen molar-refractivity contribution in [3.63, 3.8) is 0 Å². The standard InChI is InChI=1S/C10H10FO/c1-7-8-4-2-3-5-9(8)10(11)6-12-7/h2-5,7,10H,1,6H2/t7-,10+/m0/s1. The van der Waals surface area contributed by atoms with E-state index >= 15 is 0 Å². The van der Waals surface area contributed by atoms with Crippen molar-refractivity contribution in [2.75, 3.05) is 6.61 Å². The van der Waals surface area contributed by atoms with Gasteiger partial charge in [0.25, 0.3) is 0 Å². The van der Waals surface area contributed by atoms with E-state index in [1.54, 1.807) is 6.07 Å². The van der Waals surface area contributed by atoms with Crippen molar-refractivity contribution in [1.82, 2.24) is 0 Å². The molecule has 1 nitrogen and oxygen atoms in total. The van der Waals surface area contributed by atoms with Gasteiger partial charge in [0.1, 0.15) is 6.17 Å². The zero-order valence-corrected chi connectivity index (χ0v) is 6.66. The first kappa shape index (κ1) is 7.74. The molecule has 1 aliphatic heterocycles. The molecule has 0 saturated carbocycles. The third-order valence-electron chi connectivity index (χ3n) is 2.12. The minimum Gasteiger partial charge on any atom is -0.370 e. The van der Waals surface area contributed by atoms with E-state index < -0.39 is 6.17 Å². The van der Waals surface area contributed by atoms with Crippen LogP contribution in [0.25, 0.3) is 0 Å². The predicted molar refractivity (Wildman–Crippen MR) is 44.3 cm³/mol. The van der Waals surface area contributed by atoms with E-state index in [4.69, 9.17) is 4.74 Å². The number of ether oxygens (including phenoxy) is 1. The molecule has 0 amide bonds. The highest BCUT2D eigenvalue weighted by Crippen LogP contribution is 2.33. The summed E-state index contributed by atoms with van der Waals surface area (Å²) in [5, 5.41) is 0. The molecule has 12 heavy (non-hydrogen) atoms. The summed E-state index contributed by atoms with van der Waals surface area (Å²) < 4.78 is 18.3. The molecule has 0 spiro atoms. The van der Waals surface area contributed by atoms with Crippen LogP contribution in [0.5, 0.6) is 0 Å². The van der Waals surface area contributed by atoms with Gasteiger partial charge in [-0.1, -0.05) is 24.3 Å². The highest BCUT2D eigenvalue weighted by Gasteiger charge is 2.23. The highest BCUT2D eigenvalue weighted by molar-refractivity contribution is 5.33. The Labute approximate surface area is 71.2 Å². The number of hydrogen-bond donors (Lipinski definition) is 0. The Hall–Kier alpha value is -0.890.